The first-order valence-corrected chi connectivity index (χ1v) is 15.8. The number of carbonyl (C=O) groups is 2. The second-order valence-electron chi connectivity index (χ2n) is 10.6. The van der Waals surface area contributed by atoms with Crippen LogP contribution < -0.4 is 10.8 Å². The van der Waals surface area contributed by atoms with Gasteiger partial charge in [0, 0.05) is 36.5 Å². The highest BCUT2D eigenvalue weighted by atomic mass is 32.2. The summed E-state index contributed by atoms with van der Waals surface area (Å²) in [7, 11) is 0. The summed E-state index contributed by atoms with van der Waals surface area (Å²) in [5.41, 5.74) is 4.53. The summed E-state index contributed by atoms with van der Waals surface area (Å²) in [6, 6.07) is 20.0. The van der Waals surface area contributed by atoms with Crippen molar-refractivity contribution in [2.75, 3.05) is 5.75 Å². The summed E-state index contributed by atoms with van der Waals surface area (Å²) in [5, 5.41) is 12.0. The van der Waals surface area contributed by atoms with E-state index in [1.165, 1.54) is 11.8 Å². The number of ether oxygens (including phenoxy) is 2. The van der Waals surface area contributed by atoms with Crippen molar-refractivity contribution in [1.29, 1.82) is 0 Å². The predicted octanol–water partition coefficient (Wildman–Crippen LogP) is 6.91. The number of allylic oxidation sites excluding steroid dienone is 2. The second-order valence-corrected chi connectivity index (χ2v) is 11.5. The number of aromatic nitrogens is 1. The molecule has 3 N–H and O–H groups in total. The van der Waals surface area contributed by atoms with E-state index in [9.17, 15) is 9.59 Å². The molecule has 0 radical (unpaired) electrons. The topological polar surface area (TPSA) is 123 Å². The van der Waals surface area contributed by atoms with Crippen LogP contribution >= 0.6 is 11.8 Å². The lowest BCUT2D eigenvalue weighted by molar-refractivity contribution is -0.251. The molecular weight excluding hydrogens is 566 g/mol. The van der Waals surface area contributed by atoms with Gasteiger partial charge in [-0.25, -0.2) is 10.5 Å². The Kier molecular flexibility index (Phi) is 12.8. The van der Waals surface area contributed by atoms with Crippen LogP contribution in [-0.4, -0.2) is 40.3 Å². The van der Waals surface area contributed by atoms with E-state index in [-0.39, 0.29) is 30.5 Å². The van der Waals surface area contributed by atoms with E-state index in [4.69, 9.17) is 24.1 Å². The highest BCUT2D eigenvalue weighted by molar-refractivity contribution is 7.99. The Balaban J connectivity index is 1.38. The van der Waals surface area contributed by atoms with Gasteiger partial charge in [0.1, 0.15) is 0 Å². The first-order valence-electron chi connectivity index (χ1n) is 14.9. The van der Waals surface area contributed by atoms with Crippen molar-refractivity contribution in [1.82, 2.24) is 15.8 Å². The van der Waals surface area contributed by atoms with Gasteiger partial charge in [0.25, 0.3) is 5.22 Å². The fraction of sp³-hybridized carbons (Fsp3) is 0.424. The summed E-state index contributed by atoms with van der Waals surface area (Å²) in [4.78, 5) is 28.7. The van der Waals surface area contributed by atoms with Gasteiger partial charge in [0.15, 0.2) is 5.76 Å². The minimum absolute atomic E-state index is 0.0970. The number of carbonyl (C=O) groups excluding carboxylic acids is 2. The van der Waals surface area contributed by atoms with Crippen molar-refractivity contribution in [3.05, 3.63) is 84.1 Å². The number of thioether (sulfide) groups is 1. The molecule has 0 aliphatic carbocycles. The molecule has 10 heteroatoms. The molecule has 4 unspecified atom stereocenters. The third-order valence-electron chi connectivity index (χ3n) is 7.19. The van der Waals surface area contributed by atoms with E-state index in [1.807, 2.05) is 73.7 Å². The van der Waals surface area contributed by atoms with E-state index >= 15 is 0 Å². The van der Waals surface area contributed by atoms with Gasteiger partial charge >= 0.3 is 0 Å². The van der Waals surface area contributed by atoms with Crippen LogP contribution in [0, 0.1) is 0 Å². The number of unbranched alkanes of at least 4 members (excludes halogenated alkanes) is 3. The first kappa shape index (κ1) is 32.5. The Morgan fingerprint density at radius 2 is 1.67 bits per heavy atom. The quantitative estimate of drug-likeness (QED) is 0.0560. The van der Waals surface area contributed by atoms with Gasteiger partial charge in [-0.05, 0) is 25.3 Å². The molecular formula is C33H41N3O6S. The van der Waals surface area contributed by atoms with Gasteiger partial charge in [-0.2, -0.15) is 0 Å². The first-order chi connectivity index (χ1) is 21.0. The number of hydroxylamine groups is 1. The summed E-state index contributed by atoms with van der Waals surface area (Å²) < 4.78 is 18.6. The van der Waals surface area contributed by atoms with Crippen LogP contribution in [0.15, 0.2) is 82.5 Å². The number of oxazole rings is 1. The molecule has 2 amide bonds. The third kappa shape index (κ3) is 10.1. The average Bonchev–Trinajstić information content (AvgIpc) is 3.47. The lowest BCUT2D eigenvalue weighted by Gasteiger charge is -2.36. The zero-order chi connectivity index (χ0) is 30.4. The third-order valence-corrected chi connectivity index (χ3v) is 8.15. The van der Waals surface area contributed by atoms with Crippen LogP contribution in [0.25, 0.3) is 11.3 Å². The number of nitrogens with one attached hydrogen (secondary N) is 2. The fourth-order valence-corrected chi connectivity index (χ4v) is 5.82. The smallest absolute Gasteiger partial charge is 0.256 e. The van der Waals surface area contributed by atoms with Crippen molar-refractivity contribution in [2.24, 2.45) is 0 Å². The largest absolute Gasteiger partial charge is 0.431 e. The zero-order valence-electron chi connectivity index (χ0n) is 24.7. The fourth-order valence-electron chi connectivity index (χ4n) is 4.97. The van der Waals surface area contributed by atoms with Crippen LogP contribution in [0.1, 0.15) is 82.1 Å². The Hall–Kier alpha value is -3.44. The average molecular weight is 608 g/mol. The molecule has 4 atom stereocenters. The van der Waals surface area contributed by atoms with E-state index in [0.29, 0.717) is 36.7 Å². The van der Waals surface area contributed by atoms with Crippen molar-refractivity contribution in [3.63, 3.8) is 0 Å². The van der Waals surface area contributed by atoms with Crippen LogP contribution in [0.4, 0.5) is 0 Å². The maximum Gasteiger partial charge on any atom is 0.256 e. The van der Waals surface area contributed by atoms with Crippen molar-refractivity contribution >= 4 is 23.6 Å². The number of hydrogen-bond acceptors (Lipinski definition) is 8. The summed E-state index contributed by atoms with van der Waals surface area (Å²) in [6.07, 6.45) is 6.97. The minimum Gasteiger partial charge on any atom is -0.431 e. The molecule has 1 saturated heterocycles. The molecule has 0 saturated carbocycles. The molecule has 4 rings (SSSR count). The molecule has 43 heavy (non-hydrogen) atoms. The monoisotopic (exact) mass is 607 g/mol. The second kappa shape index (κ2) is 17.0. The van der Waals surface area contributed by atoms with Gasteiger partial charge in [0.2, 0.25) is 18.2 Å². The molecule has 2 heterocycles. The molecule has 1 aromatic heterocycles. The summed E-state index contributed by atoms with van der Waals surface area (Å²) in [6.45, 7) is 4.10. The van der Waals surface area contributed by atoms with E-state index in [1.54, 1.807) is 5.48 Å². The molecule has 3 aromatic rings. The maximum absolute atomic E-state index is 12.7. The van der Waals surface area contributed by atoms with Gasteiger partial charge < -0.3 is 19.2 Å². The van der Waals surface area contributed by atoms with Crippen LogP contribution in [0.2, 0.25) is 0 Å². The molecule has 1 fully saturated rings. The summed E-state index contributed by atoms with van der Waals surface area (Å²) >= 11 is 1.50. The Bertz CT molecular complexity index is 1320. The number of benzene rings is 2. The highest BCUT2D eigenvalue weighted by Gasteiger charge is 2.32. The molecule has 1 aliphatic rings. The molecule has 9 nitrogen and oxygen atoms in total. The van der Waals surface area contributed by atoms with Crippen LogP contribution in [-0.2, 0) is 19.1 Å². The van der Waals surface area contributed by atoms with Crippen LogP contribution in [0.3, 0.4) is 0 Å². The lowest BCUT2D eigenvalue weighted by Crippen LogP contribution is -2.46. The molecule has 2 aromatic carbocycles. The number of hydrogen-bond donors (Lipinski definition) is 3. The van der Waals surface area contributed by atoms with E-state index < -0.39 is 12.3 Å². The summed E-state index contributed by atoms with van der Waals surface area (Å²) in [5.74, 6) is 0.895. The van der Waals surface area contributed by atoms with Crippen LogP contribution in [0.5, 0.6) is 0 Å². The van der Waals surface area contributed by atoms with Gasteiger partial charge in [0.05, 0.1) is 17.9 Å². The van der Waals surface area contributed by atoms with Crippen molar-refractivity contribution < 1.29 is 28.7 Å². The zero-order valence-corrected chi connectivity index (χ0v) is 25.6. The van der Waals surface area contributed by atoms with Gasteiger partial charge in [-0.3, -0.25) is 14.8 Å². The number of nitrogens with zero attached hydrogens (tertiary/aromatic N) is 1. The normalized spacial score (nSPS) is 19.3. The minimum atomic E-state index is -0.875. The van der Waals surface area contributed by atoms with Crippen molar-refractivity contribution in [3.8, 4) is 11.3 Å². The maximum atomic E-state index is 12.7. The SMILES string of the molecule is C/C=C\C(C)c1nc(SCC2CC(c3ccccc3)OC(NC(=O)CCCCCCC(=O)NO)O2)oc1-c1ccccc1. The lowest BCUT2D eigenvalue weighted by atomic mass is 10.0. The molecule has 1 aliphatic heterocycles. The van der Waals surface area contributed by atoms with E-state index in [0.717, 1.165) is 35.4 Å². The molecule has 0 spiro atoms. The Morgan fingerprint density at radius 3 is 2.35 bits per heavy atom. The predicted molar refractivity (Wildman–Crippen MR) is 165 cm³/mol. The van der Waals surface area contributed by atoms with E-state index in [2.05, 4.69) is 18.3 Å². The van der Waals surface area contributed by atoms with Gasteiger partial charge in [-0.1, -0.05) is 104 Å². The standard InChI is InChI=1S/C33H41N3O6S/c1-3-14-23(2)30-31(25-17-10-7-11-18-25)42-33(35-30)43-22-26-21-27(24-15-8-6-9-16-24)41-32(40-26)34-28(37)19-12-4-5-13-20-29(38)36-39/h3,6-11,14-18,23,26-27,32,39H,4-5,12-13,19-22H2,1-2H3,(H,34,37)(H,36,38)/b14-3-. The molecule has 230 valence electrons. The highest BCUT2D eigenvalue weighted by Crippen LogP contribution is 2.36. The molecule has 0 bridgehead atoms. The Morgan fingerprint density at radius 1 is 1.00 bits per heavy atom. The van der Waals surface area contributed by atoms with Gasteiger partial charge in [-0.15, -0.1) is 0 Å². The number of rotatable bonds is 15. The Labute approximate surface area is 257 Å². The van der Waals surface area contributed by atoms with Crippen molar-refractivity contribution in [2.45, 2.75) is 88.6 Å². The number of amides is 2.